The van der Waals surface area contributed by atoms with Gasteiger partial charge in [-0.3, -0.25) is 10.1 Å². The molecule has 0 aliphatic heterocycles. The van der Waals surface area contributed by atoms with Gasteiger partial charge in [-0.25, -0.2) is 0 Å². The molecule has 0 aliphatic rings. The van der Waals surface area contributed by atoms with Gasteiger partial charge in [0.2, 0.25) is 5.75 Å². The number of methoxy groups -OCH3 is 1. The van der Waals surface area contributed by atoms with Gasteiger partial charge in [0.15, 0.2) is 0 Å². The molecule has 0 atom stereocenters. The van der Waals surface area contributed by atoms with Gasteiger partial charge >= 0.3 is 5.69 Å². The third kappa shape index (κ3) is 2.10. The summed E-state index contributed by atoms with van der Waals surface area (Å²) in [5.41, 5.74) is -0.151. The molecule has 0 radical (unpaired) electrons. The number of benzene rings is 1. The van der Waals surface area contributed by atoms with Crippen LogP contribution >= 0.6 is 27.5 Å². The molecule has 0 aromatic heterocycles. The molecule has 0 aliphatic carbocycles. The second-order valence-corrected chi connectivity index (χ2v) is 3.52. The van der Waals surface area contributed by atoms with E-state index in [0.717, 1.165) is 0 Å². The Morgan fingerprint density at radius 2 is 2.23 bits per heavy atom. The maximum atomic E-state index is 10.5. The minimum absolute atomic E-state index is 0.0786. The van der Waals surface area contributed by atoms with Crippen molar-refractivity contribution >= 4 is 33.2 Å². The van der Waals surface area contributed by atoms with Gasteiger partial charge in [-0.05, 0) is 6.07 Å². The summed E-state index contributed by atoms with van der Waals surface area (Å²) in [6, 6.07) is 2.87. The van der Waals surface area contributed by atoms with Crippen LogP contribution in [0.2, 0.25) is 5.02 Å². The summed E-state index contributed by atoms with van der Waals surface area (Å²) in [5, 5.41) is 10.7. The first-order chi connectivity index (χ1) is 6.06. The van der Waals surface area contributed by atoms with E-state index in [2.05, 4.69) is 15.9 Å². The number of hydrogen-bond acceptors (Lipinski definition) is 3. The maximum Gasteiger partial charge on any atom is 0.313 e. The third-order valence-electron chi connectivity index (χ3n) is 1.39. The zero-order chi connectivity index (χ0) is 10.0. The van der Waals surface area contributed by atoms with E-state index in [4.69, 9.17) is 16.3 Å². The average Bonchev–Trinajstić information content (AvgIpc) is 2.02. The van der Waals surface area contributed by atoms with Gasteiger partial charge in [0.05, 0.1) is 17.1 Å². The monoisotopic (exact) mass is 265 g/mol. The third-order valence-corrected chi connectivity index (χ3v) is 2.13. The van der Waals surface area contributed by atoms with E-state index in [9.17, 15) is 10.1 Å². The molecule has 0 saturated heterocycles. The number of hydrogen-bond donors (Lipinski definition) is 0. The fraction of sp³-hybridized carbons (Fsp3) is 0.143. The van der Waals surface area contributed by atoms with Crippen LogP contribution in [0.5, 0.6) is 5.75 Å². The normalized spacial score (nSPS) is 9.77. The minimum atomic E-state index is -0.546. The summed E-state index contributed by atoms with van der Waals surface area (Å²) in [7, 11) is 1.34. The van der Waals surface area contributed by atoms with Crippen LogP contribution in [0.1, 0.15) is 0 Å². The van der Waals surface area contributed by atoms with Crippen LogP contribution in [-0.2, 0) is 0 Å². The summed E-state index contributed by atoms with van der Waals surface area (Å²) < 4.78 is 5.34. The van der Waals surface area contributed by atoms with Crippen LogP contribution in [0, 0.1) is 10.1 Å². The molecule has 6 heteroatoms. The van der Waals surface area contributed by atoms with Gasteiger partial charge in [0.25, 0.3) is 0 Å². The van der Waals surface area contributed by atoms with Crippen LogP contribution in [0.15, 0.2) is 16.6 Å². The van der Waals surface area contributed by atoms with Crippen LogP contribution in [-0.4, -0.2) is 12.0 Å². The van der Waals surface area contributed by atoms with E-state index in [1.165, 1.54) is 19.2 Å². The summed E-state index contributed by atoms with van der Waals surface area (Å²) in [6.07, 6.45) is 0. The smallest absolute Gasteiger partial charge is 0.313 e. The van der Waals surface area contributed by atoms with Crippen molar-refractivity contribution in [3.05, 3.63) is 31.7 Å². The minimum Gasteiger partial charge on any atom is -0.489 e. The van der Waals surface area contributed by atoms with Crippen molar-refractivity contribution in [3.8, 4) is 5.75 Å². The predicted octanol–water partition coefficient (Wildman–Crippen LogP) is 3.02. The Bertz CT molecular complexity index is 356. The number of rotatable bonds is 2. The number of nitro groups is 1. The quantitative estimate of drug-likeness (QED) is 0.611. The molecule has 0 amide bonds. The molecule has 1 rings (SSSR count). The highest BCUT2D eigenvalue weighted by atomic mass is 79.9. The number of nitrogens with zero attached hydrogens (tertiary/aromatic N) is 1. The average molecular weight is 266 g/mol. The maximum absolute atomic E-state index is 10.5. The van der Waals surface area contributed by atoms with E-state index < -0.39 is 4.92 Å². The first-order valence-corrected chi connectivity index (χ1v) is 4.40. The molecular formula is C7H5BrClNO3. The van der Waals surface area contributed by atoms with E-state index in [-0.39, 0.29) is 16.5 Å². The molecule has 0 fully saturated rings. The number of nitro benzene ring substituents is 1. The van der Waals surface area contributed by atoms with Crippen molar-refractivity contribution in [2.45, 2.75) is 0 Å². The van der Waals surface area contributed by atoms with Crippen LogP contribution in [0.4, 0.5) is 5.69 Å². The molecule has 70 valence electrons. The Morgan fingerprint density at radius 1 is 1.62 bits per heavy atom. The van der Waals surface area contributed by atoms with Crippen molar-refractivity contribution in [3.63, 3.8) is 0 Å². The molecule has 0 saturated carbocycles. The van der Waals surface area contributed by atoms with Crippen LogP contribution in [0.3, 0.4) is 0 Å². The van der Waals surface area contributed by atoms with Gasteiger partial charge in [0.1, 0.15) is 0 Å². The molecule has 0 N–H and O–H groups in total. The Morgan fingerprint density at radius 3 is 2.69 bits per heavy atom. The Labute approximate surface area is 87.7 Å². The highest BCUT2D eigenvalue weighted by Gasteiger charge is 2.18. The molecule has 0 heterocycles. The summed E-state index contributed by atoms with van der Waals surface area (Å²) in [5.74, 6) is 0.0786. The lowest BCUT2D eigenvalue weighted by Gasteiger charge is -2.03. The molecule has 0 bridgehead atoms. The van der Waals surface area contributed by atoms with Crippen LogP contribution in [0.25, 0.3) is 0 Å². The first kappa shape index (κ1) is 10.3. The molecule has 13 heavy (non-hydrogen) atoms. The van der Waals surface area contributed by atoms with Crippen molar-refractivity contribution in [2.75, 3.05) is 7.11 Å². The van der Waals surface area contributed by atoms with Gasteiger partial charge in [-0.2, -0.15) is 0 Å². The lowest BCUT2D eigenvalue weighted by Crippen LogP contribution is -1.94. The summed E-state index contributed by atoms with van der Waals surface area (Å²) in [6.45, 7) is 0. The zero-order valence-electron chi connectivity index (χ0n) is 6.58. The highest BCUT2D eigenvalue weighted by Crippen LogP contribution is 2.37. The summed E-state index contributed by atoms with van der Waals surface area (Å²) in [4.78, 5) is 9.99. The number of halogens is 2. The first-order valence-electron chi connectivity index (χ1n) is 3.23. The van der Waals surface area contributed by atoms with Crippen molar-refractivity contribution in [1.29, 1.82) is 0 Å². The van der Waals surface area contributed by atoms with Crippen molar-refractivity contribution in [1.82, 2.24) is 0 Å². The Hall–Kier alpha value is -0.810. The molecule has 0 spiro atoms. The fourth-order valence-electron chi connectivity index (χ4n) is 0.884. The standard InChI is InChI=1S/C7H5BrClNO3/c1-13-7-5(9)2-4(8)3-6(7)10(11)12/h2-3H,1H3. The lowest BCUT2D eigenvalue weighted by molar-refractivity contribution is -0.385. The SMILES string of the molecule is COc1c(Cl)cc(Br)cc1[N+](=O)[O-]. The predicted molar refractivity (Wildman–Crippen MR) is 52.4 cm³/mol. The second-order valence-electron chi connectivity index (χ2n) is 2.20. The van der Waals surface area contributed by atoms with E-state index in [1.54, 1.807) is 0 Å². The largest absolute Gasteiger partial charge is 0.489 e. The fourth-order valence-corrected chi connectivity index (χ4v) is 1.75. The Balaban J connectivity index is 3.38. The lowest BCUT2D eigenvalue weighted by atomic mass is 10.3. The molecule has 1 aromatic rings. The second kappa shape index (κ2) is 3.93. The number of ether oxygens (including phenoxy) is 1. The topological polar surface area (TPSA) is 52.4 Å². The van der Waals surface area contributed by atoms with Crippen molar-refractivity contribution < 1.29 is 9.66 Å². The zero-order valence-corrected chi connectivity index (χ0v) is 8.92. The molecule has 4 nitrogen and oxygen atoms in total. The highest BCUT2D eigenvalue weighted by molar-refractivity contribution is 9.10. The molecule has 1 aromatic carbocycles. The van der Waals surface area contributed by atoms with Crippen molar-refractivity contribution in [2.24, 2.45) is 0 Å². The van der Waals surface area contributed by atoms with Gasteiger partial charge in [-0.15, -0.1) is 0 Å². The Kier molecular flexibility index (Phi) is 3.11. The van der Waals surface area contributed by atoms with E-state index in [0.29, 0.717) is 4.47 Å². The van der Waals surface area contributed by atoms with Gasteiger partial charge < -0.3 is 4.74 Å². The molecule has 0 unspecified atom stereocenters. The molecular weight excluding hydrogens is 261 g/mol. The van der Waals surface area contributed by atoms with Gasteiger partial charge in [-0.1, -0.05) is 27.5 Å². The summed E-state index contributed by atoms with van der Waals surface area (Å²) >= 11 is 8.82. The van der Waals surface area contributed by atoms with Crippen LogP contribution < -0.4 is 4.74 Å². The van der Waals surface area contributed by atoms with Gasteiger partial charge in [0, 0.05) is 10.5 Å². The van der Waals surface area contributed by atoms with E-state index >= 15 is 0 Å². The van der Waals surface area contributed by atoms with E-state index in [1.807, 2.05) is 0 Å².